The predicted octanol–water partition coefficient (Wildman–Crippen LogP) is 7.27. The van der Waals surface area contributed by atoms with Crippen LogP contribution in [-0.4, -0.2) is 65.2 Å². The summed E-state index contributed by atoms with van der Waals surface area (Å²) in [6.07, 6.45) is -0.810. The lowest BCUT2D eigenvalue weighted by atomic mass is 9.92. The number of nitrogens with one attached hydrogen (secondary N) is 2. The summed E-state index contributed by atoms with van der Waals surface area (Å²) in [5, 5.41) is 23.7. The molecule has 3 atom stereocenters. The lowest BCUT2D eigenvalue weighted by molar-refractivity contribution is -0.137. The molecule has 16 heteroatoms. The van der Waals surface area contributed by atoms with Crippen LogP contribution in [0, 0.1) is 6.92 Å². The molecule has 268 valence electrons. The zero-order valence-corrected chi connectivity index (χ0v) is 28.6. The van der Waals surface area contributed by atoms with E-state index in [1.165, 1.54) is 12.1 Å². The average Bonchev–Trinajstić information content (AvgIpc) is 3.83. The number of alkyl halides is 3. The normalized spacial score (nSPS) is 19.0. The van der Waals surface area contributed by atoms with Crippen LogP contribution in [0.5, 0.6) is 5.75 Å². The largest absolute Gasteiger partial charge is 0.493 e. The van der Waals surface area contributed by atoms with Crippen LogP contribution in [-0.2, 0) is 10.9 Å². The van der Waals surface area contributed by atoms with Crippen molar-refractivity contribution in [3.63, 3.8) is 0 Å². The average molecular weight is 740 g/mol. The molecule has 1 saturated heterocycles. The van der Waals surface area contributed by atoms with E-state index < -0.39 is 23.8 Å². The Balaban J connectivity index is 0.000000195. The molecule has 1 aliphatic heterocycles. The number of hydrogen-bond acceptors (Lipinski definition) is 9. The highest BCUT2D eigenvalue weighted by molar-refractivity contribution is 6.35. The minimum atomic E-state index is -4.43. The molecular weight excluding hydrogens is 704 g/mol. The predicted molar refractivity (Wildman–Crippen MR) is 177 cm³/mol. The number of aromatic nitrogens is 2. The Bertz CT molecular complexity index is 1790. The molecule has 3 N–H and O–H groups in total. The van der Waals surface area contributed by atoms with Crippen LogP contribution in [0.1, 0.15) is 71.1 Å². The van der Waals surface area contributed by atoms with Gasteiger partial charge in [0.15, 0.2) is 22.9 Å². The molecule has 0 bridgehead atoms. The fraction of sp³-hybridized carbons (Fsp3) is 0.412. The van der Waals surface area contributed by atoms with Gasteiger partial charge in [0.2, 0.25) is 0 Å². The summed E-state index contributed by atoms with van der Waals surface area (Å²) >= 11 is 12.1. The number of carbonyl (C=O) groups is 2. The van der Waals surface area contributed by atoms with Gasteiger partial charge in [-0.15, -0.1) is 0 Å². The first-order valence-corrected chi connectivity index (χ1v) is 16.7. The summed E-state index contributed by atoms with van der Waals surface area (Å²) in [6.45, 7) is 5.11. The first-order valence-electron chi connectivity index (χ1n) is 16.0. The molecule has 1 aliphatic carbocycles. The third-order valence-corrected chi connectivity index (χ3v) is 8.85. The van der Waals surface area contributed by atoms with E-state index in [1.54, 1.807) is 25.1 Å². The summed E-state index contributed by atoms with van der Waals surface area (Å²) in [6, 6.07) is 9.09. The third-order valence-electron chi connectivity index (χ3n) is 8.26. The number of aliphatic hydroxyl groups excluding tert-OH is 1. The topological polar surface area (TPSA) is 149 Å². The van der Waals surface area contributed by atoms with Crippen LogP contribution >= 0.6 is 23.2 Å². The highest BCUT2D eigenvalue weighted by atomic mass is 35.5. The van der Waals surface area contributed by atoms with E-state index >= 15 is 0 Å². The molecule has 1 unspecified atom stereocenters. The molecule has 2 aromatic carbocycles. The summed E-state index contributed by atoms with van der Waals surface area (Å²) in [5.41, 5.74) is 0.924. The minimum absolute atomic E-state index is 0.0400. The van der Waals surface area contributed by atoms with Gasteiger partial charge in [0, 0.05) is 22.8 Å². The molecule has 50 heavy (non-hydrogen) atoms. The maximum Gasteiger partial charge on any atom is 0.416 e. The molecule has 2 aromatic heterocycles. The number of nitrogens with zero attached hydrogens (tertiary/aromatic N) is 2. The zero-order chi connectivity index (χ0) is 36.0. The fourth-order valence-corrected chi connectivity index (χ4v) is 6.01. The van der Waals surface area contributed by atoms with Gasteiger partial charge < -0.3 is 34.3 Å². The Hall–Kier alpha value is -4.11. The van der Waals surface area contributed by atoms with Gasteiger partial charge >= 0.3 is 6.18 Å². The molecule has 2 amide bonds. The first kappa shape index (κ1) is 37.2. The minimum Gasteiger partial charge on any atom is -0.493 e. The molecule has 6 rings (SSSR count). The van der Waals surface area contributed by atoms with Crippen molar-refractivity contribution < 1.29 is 46.4 Å². The van der Waals surface area contributed by atoms with E-state index in [0.717, 1.165) is 31.4 Å². The summed E-state index contributed by atoms with van der Waals surface area (Å²) in [4.78, 5) is 24.7. The second-order valence-corrected chi connectivity index (χ2v) is 12.6. The Labute approximate surface area is 295 Å². The van der Waals surface area contributed by atoms with E-state index in [-0.39, 0.29) is 40.2 Å². The summed E-state index contributed by atoms with van der Waals surface area (Å²) in [7, 11) is 0. The van der Waals surface area contributed by atoms with Gasteiger partial charge in [-0.1, -0.05) is 58.5 Å². The van der Waals surface area contributed by atoms with Crippen molar-refractivity contribution >= 4 is 35.0 Å². The number of ether oxygens (including phenoxy) is 2. The number of carbonyl (C=O) groups excluding carboxylic acids is 2. The molecule has 0 radical (unpaired) electrons. The number of benzene rings is 2. The van der Waals surface area contributed by atoms with Crippen molar-refractivity contribution in [2.75, 3.05) is 19.8 Å². The van der Waals surface area contributed by atoms with Crippen LogP contribution < -0.4 is 15.4 Å². The summed E-state index contributed by atoms with van der Waals surface area (Å²) in [5.74, 6) is 0.236. The Morgan fingerprint density at radius 1 is 0.960 bits per heavy atom. The molecule has 11 nitrogen and oxygen atoms in total. The molecule has 3 heterocycles. The Morgan fingerprint density at radius 3 is 2.30 bits per heavy atom. The van der Waals surface area contributed by atoms with E-state index in [4.69, 9.17) is 41.7 Å². The lowest BCUT2D eigenvalue weighted by Gasteiger charge is -2.28. The standard InChI is InChI=1S/C19H23ClN2O4.C15H12ClF3N2O3/c1-3-25-16-10-12(20)8-9-13(16)18-11(2)17(22-26-18)19(24)21-14-6-4-5-7-15(14)23;16-11-12(14(22)20-10-5-6-23-7-10)21-24-13(11)8-1-3-9(4-2-8)15(17,18)19/h8-10,14-15,23H,3-7H2,1-2H3,(H,21,24);1-4,10H,5-7H2,(H,20,22)/t14-,15+;/m0./s1. The quantitative estimate of drug-likeness (QED) is 0.170. The molecule has 2 aliphatic rings. The van der Waals surface area contributed by atoms with E-state index in [0.29, 0.717) is 65.9 Å². The van der Waals surface area contributed by atoms with Gasteiger partial charge in [0.25, 0.3) is 11.8 Å². The molecule has 4 aromatic rings. The van der Waals surface area contributed by atoms with Gasteiger partial charge in [0.1, 0.15) is 10.8 Å². The molecule has 2 fully saturated rings. The second-order valence-electron chi connectivity index (χ2n) is 11.8. The van der Waals surface area contributed by atoms with Gasteiger partial charge in [-0.3, -0.25) is 9.59 Å². The van der Waals surface area contributed by atoms with Crippen molar-refractivity contribution in [1.29, 1.82) is 0 Å². The van der Waals surface area contributed by atoms with Crippen LogP contribution in [0.15, 0.2) is 51.5 Å². The van der Waals surface area contributed by atoms with Crippen LogP contribution in [0.4, 0.5) is 13.2 Å². The molecule has 0 spiro atoms. The fourth-order valence-electron chi connectivity index (χ4n) is 5.59. The van der Waals surface area contributed by atoms with Crippen molar-refractivity contribution in [3.8, 4) is 28.4 Å². The van der Waals surface area contributed by atoms with Crippen molar-refractivity contribution in [2.24, 2.45) is 0 Å². The van der Waals surface area contributed by atoms with Gasteiger partial charge in [-0.25, -0.2) is 0 Å². The number of aliphatic hydroxyl groups is 1. The van der Waals surface area contributed by atoms with E-state index in [2.05, 4.69) is 20.9 Å². The second kappa shape index (κ2) is 16.3. The SMILES string of the molecule is CCOc1cc(Cl)ccc1-c1onc(C(=O)N[C@H]2CCCC[C@H]2O)c1C.O=C(NC1CCOC1)c1noc(-c2ccc(C(F)(F)F)cc2)c1Cl. The van der Waals surface area contributed by atoms with Crippen LogP contribution in [0.3, 0.4) is 0 Å². The van der Waals surface area contributed by atoms with Crippen LogP contribution in [0.25, 0.3) is 22.6 Å². The Kier molecular flexibility index (Phi) is 12.1. The Morgan fingerprint density at radius 2 is 1.64 bits per heavy atom. The van der Waals surface area contributed by atoms with Crippen LogP contribution in [0.2, 0.25) is 10.0 Å². The number of hydrogen-bond donors (Lipinski definition) is 3. The van der Waals surface area contributed by atoms with Gasteiger partial charge in [-0.05, 0) is 63.4 Å². The zero-order valence-electron chi connectivity index (χ0n) is 27.1. The maximum atomic E-state index is 12.6. The van der Waals surface area contributed by atoms with Crippen molar-refractivity contribution in [2.45, 2.75) is 70.3 Å². The highest BCUT2D eigenvalue weighted by Crippen LogP contribution is 2.36. The smallest absolute Gasteiger partial charge is 0.416 e. The highest BCUT2D eigenvalue weighted by Gasteiger charge is 2.31. The molecule has 1 saturated carbocycles. The van der Waals surface area contributed by atoms with Crippen molar-refractivity contribution in [3.05, 3.63) is 75.0 Å². The number of rotatable bonds is 8. The first-order chi connectivity index (χ1) is 23.9. The van der Waals surface area contributed by atoms with Gasteiger partial charge in [-0.2, -0.15) is 13.2 Å². The van der Waals surface area contributed by atoms with E-state index in [9.17, 15) is 27.9 Å². The van der Waals surface area contributed by atoms with E-state index in [1.807, 2.05) is 6.92 Å². The maximum absolute atomic E-state index is 12.6. The monoisotopic (exact) mass is 738 g/mol. The molecular formula is C34H35Cl2F3N4O7. The number of halogens is 5. The number of amides is 2. The lowest BCUT2D eigenvalue weighted by Crippen LogP contribution is -2.45. The third kappa shape index (κ3) is 8.78. The van der Waals surface area contributed by atoms with Gasteiger partial charge in [0.05, 0.1) is 42.5 Å². The van der Waals surface area contributed by atoms with Crippen molar-refractivity contribution in [1.82, 2.24) is 20.9 Å². The summed E-state index contributed by atoms with van der Waals surface area (Å²) < 4.78 is 59.0.